The van der Waals surface area contributed by atoms with Crippen molar-refractivity contribution in [2.24, 2.45) is 5.41 Å². The third kappa shape index (κ3) is 3.38. The van der Waals surface area contributed by atoms with Crippen LogP contribution >= 0.6 is 0 Å². The smallest absolute Gasteiger partial charge is 0.426 e. The number of ether oxygens (including phenoxy) is 1. The fourth-order valence-corrected chi connectivity index (χ4v) is 2.80. The summed E-state index contributed by atoms with van der Waals surface area (Å²) < 4.78 is 18.1. The lowest BCUT2D eigenvalue weighted by Crippen LogP contribution is -2.41. The quantitative estimate of drug-likeness (QED) is 0.463. The summed E-state index contributed by atoms with van der Waals surface area (Å²) in [6.45, 7) is 13.6. The number of rotatable bonds is 2. The second-order valence-corrected chi connectivity index (χ2v) is 8.96. The Labute approximate surface area is 156 Å². The van der Waals surface area contributed by atoms with Gasteiger partial charge in [0.2, 0.25) is 0 Å². The van der Waals surface area contributed by atoms with E-state index in [0.29, 0.717) is 5.75 Å². The van der Waals surface area contributed by atoms with Crippen molar-refractivity contribution >= 4 is 29.3 Å². The summed E-state index contributed by atoms with van der Waals surface area (Å²) in [5.41, 5.74) is -0.567. The molecule has 0 bridgehead atoms. The van der Waals surface area contributed by atoms with Gasteiger partial charge in [0.15, 0.2) is 0 Å². The lowest BCUT2D eigenvalue weighted by atomic mass is 9.76. The summed E-state index contributed by atoms with van der Waals surface area (Å²) in [4.78, 5) is 12.3. The highest BCUT2D eigenvalue weighted by atomic mass is 16.7. The molecule has 1 aliphatic rings. The molecule has 0 aliphatic carbocycles. The van der Waals surface area contributed by atoms with Crippen LogP contribution in [-0.4, -0.2) is 24.3 Å². The number of esters is 1. The van der Waals surface area contributed by atoms with Crippen molar-refractivity contribution < 1.29 is 18.8 Å². The van der Waals surface area contributed by atoms with Gasteiger partial charge in [-0.15, -0.1) is 0 Å². The molecular formula is C21H27BO4. The monoisotopic (exact) mass is 354 g/mol. The van der Waals surface area contributed by atoms with E-state index in [9.17, 15) is 4.79 Å². The van der Waals surface area contributed by atoms with Gasteiger partial charge in [-0.25, -0.2) is 0 Å². The van der Waals surface area contributed by atoms with Crippen LogP contribution in [0, 0.1) is 5.41 Å². The van der Waals surface area contributed by atoms with Crippen LogP contribution in [0.2, 0.25) is 0 Å². The molecule has 138 valence electrons. The van der Waals surface area contributed by atoms with E-state index in [2.05, 4.69) is 0 Å². The topological polar surface area (TPSA) is 44.8 Å². The minimum absolute atomic E-state index is 0.271. The second kappa shape index (κ2) is 6.10. The van der Waals surface area contributed by atoms with E-state index in [0.717, 1.165) is 16.2 Å². The molecule has 0 amide bonds. The van der Waals surface area contributed by atoms with E-state index in [1.54, 1.807) is 0 Å². The zero-order valence-electron chi connectivity index (χ0n) is 16.7. The van der Waals surface area contributed by atoms with E-state index in [-0.39, 0.29) is 5.97 Å². The summed E-state index contributed by atoms with van der Waals surface area (Å²) >= 11 is 0. The van der Waals surface area contributed by atoms with Gasteiger partial charge in [-0.2, -0.15) is 0 Å². The predicted molar refractivity (Wildman–Crippen MR) is 105 cm³/mol. The zero-order chi connectivity index (χ0) is 19.3. The summed E-state index contributed by atoms with van der Waals surface area (Å²) in [6.07, 6.45) is 0. The molecule has 0 unspecified atom stereocenters. The van der Waals surface area contributed by atoms with Crippen molar-refractivity contribution in [2.45, 2.75) is 59.7 Å². The summed E-state index contributed by atoms with van der Waals surface area (Å²) in [6, 6.07) is 11.7. The maximum atomic E-state index is 12.3. The van der Waals surface area contributed by atoms with Gasteiger partial charge in [0.25, 0.3) is 0 Å². The molecule has 0 radical (unpaired) electrons. The fraction of sp³-hybridized carbons (Fsp3) is 0.476. The molecule has 1 heterocycles. The number of benzene rings is 2. The average molecular weight is 354 g/mol. The van der Waals surface area contributed by atoms with Crippen LogP contribution in [0.1, 0.15) is 48.5 Å². The zero-order valence-corrected chi connectivity index (χ0v) is 16.7. The molecule has 0 aromatic heterocycles. The van der Waals surface area contributed by atoms with Crippen molar-refractivity contribution in [3.63, 3.8) is 0 Å². The molecule has 0 saturated carbocycles. The Hall–Kier alpha value is -1.85. The molecule has 4 nitrogen and oxygen atoms in total. The maximum absolute atomic E-state index is 12.3. The van der Waals surface area contributed by atoms with E-state index < -0.39 is 23.7 Å². The number of hydrogen-bond donors (Lipinski definition) is 0. The first-order chi connectivity index (χ1) is 11.9. The first-order valence-electron chi connectivity index (χ1n) is 9.01. The lowest BCUT2D eigenvalue weighted by molar-refractivity contribution is -0.142. The van der Waals surface area contributed by atoms with Crippen LogP contribution in [0.25, 0.3) is 10.8 Å². The highest BCUT2D eigenvalue weighted by Gasteiger charge is 2.52. The van der Waals surface area contributed by atoms with Gasteiger partial charge in [-0.05, 0) is 76.8 Å². The molecule has 5 heteroatoms. The van der Waals surface area contributed by atoms with Crippen molar-refractivity contribution in [1.82, 2.24) is 0 Å². The van der Waals surface area contributed by atoms with Crippen molar-refractivity contribution in [2.75, 3.05) is 0 Å². The number of fused-ring (bicyclic) bond motifs is 1. The van der Waals surface area contributed by atoms with Gasteiger partial charge in [0, 0.05) is 0 Å². The molecule has 2 aromatic carbocycles. The minimum Gasteiger partial charge on any atom is -0.426 e. The number of carbonyl (C=O) groups excluding carboxylic acids is 1. The van der Waals surface area contributed by atoms with Crippen molar-refractivity contribution in [3.05, 3.63) is 36.4 Å². The first-order valence-corrected chi connectivity index (χ1v) is 9.01. The molecule has 1 saturated heterocycles. The maximum Gasteiger partial charge on any atom is 0.495 e. The second-order valence-electron chi connectivity index (χ2n) is 8.96. The molecule has 2 aromatic rings. The summed E-state index contributed by atoms with van der Waals surface area (Å²) in [5, 5.41) is 2.01. The van der Waals surface area contributed by atoms with Gasteiger partial charge in [-0.1, -0.05) is 24.3 Å². The lowest BCUT2D eigenvalue weighted by Gasteiger charge is -2.32. The highest BCUT2D eigenvalue weighted by molar-refractivity contribution is 6.65. The van der Waals surface area contributed by atoms with E-state index in [1.807, 2.05) is 84.9 Å². The Balaban J connectivity index is 2.06. The number of carbonyl (C=O) groups is 1. The number of hydrogen-bond acceptors (Lipinski definition) is 4. The Morgan fingerprint density at radius 3 is 2.15 bits per heavy atom. The fourth-order valence-electron chi connectivity index (χ4n) is 2.80. The molecule has 26 heavy (non-hydrogen) atoms. The molecule has 0 spiro atoms. The molecule has 0 atom stereocenters. The normalized spacial score (nSPS) is 19.0. The Morgan fingerprint density at radius 1 is 1.00 bits per heavy atom. The molecular weight excluding hydrogens is 327 g/mol. The Kier molecular flexibility index (Phi) is 4.44. The molecule has 1 fully saturated rings. The first kappa shape index (κ1) is 18.9. The largest absolute Gasteiger partial charge is 0.495 e. The van der Waals surface area contributed by atoms with Crippen LogP contribution in [0.4, 0.5) is 0 Å². The van der Waals surface area contributed by atoms with E-state index >= 15 is 0 Å². The van der Waals surface area contributed by atoms with Crippen LogP contribution in [0.5, 0.6) is 5.75 Å². The van der Waals surface area contributed by atoms with Gasteiger partial charge < -0.3 is 14.0 Å². The molecule has 0 N–H and O–H groups in total. The minimum atomic E-state index is -0.573. The Bertz CT molecular complexity index is 833. The van der Waals surface area contributed by atoms with Gasteiger partial charge >= 0.3 is 13.1 Å². The third-order valence-electron chi connectivity index (χ3n) is 5.20. The van der Waals surface area contributed by atoms with Crippen LogP contribution in [-0.2, 0) is 14.1 Å². The summed E-state index contributed by atoms with van der Waals surface area (Å²) in [7, 11) is -0.516. The van der Waals surface area contributed by atoms with E-state index in [4.69, 9.17) is 14.0 Å². The van der Waals surface area contributed by atoms with Gasteiger partial charge in [0.05, 0.1) is 16.6 Å². The van der Waals surface area contributed by atoms with Crippen LogP contribution in [0.3, 0.4) is 0 Å². The highest BCUT2D eigenvalue weighted by Crippen LogP contribution is 2.37. The van der Waals surface area contributed by atoms with Crippen LogP contribution in [0.15, 0.2) is 36.4 Å². The van der Waals surface area contributed by atoms with E-state index in [1.165, 1.54) is 0 Å². The third-order valence-corrected chi connectivity index (χ3v) is 5.20. The summed E-state index contributed by atoms with van der Waals surface area (Å²) in [5.74, 6) is 0.237. The van der Waals surface area contributed by atoms with Gasteiger partial charge in [-0.3, -0.25) is 4.79 Å². The van der Waals surface area contributed by atoms with Crippen LogP contribution < -0.4 is 10.2 Å². The van der Waals surface area contributed by atoms with Crippen molar-refractivity contribution in [3.8, 4) is 5.75 Å². The van der Waals surface area contributed by atoms with Gasteiger partial charge in [0.1, 0.15) is 5.75 Å². The molecule has 3 rings (SSSR count). The Morgan fingerprint density at radius 2 is 1.58 bits per heavy atom. The van der Waals surface area contributed by atoms with Crippen molar-refractivity contribution in [1.29, 1.82) is 0 Å². The predicted octanol–water partition coefficient (Wildman–Crippen LogP) is 4.09. The average Bonchev–Trinajstić information content (AvgIpc) is 2.73. The molecule has 1 aliphatic heterocycles. The standard InChI is InChI=1S/C21H27BO4/c1-19(2,3)18(23)24-15-12-14-10-8-9-11-16(14)17(13-15)22-25-20(4,5)21(6,7)26-22/h8-13H,1-7H3. The SMILES string of the molecule is CC(C)(C)C(=O)Oc1cc(B2OC(C)(C)C(C)(C)O2)c2ccccc2c1.